The highest BCUT2D eigenvalue weighted by Crippen LogP contribution is 2.27. The first-order valence-corrected chi connectivity index (χ1v) is 6.34. The molecule has 94 valence electrons. The molecule has 0 aromatic rings. The van der Waals surface area contributed by atoms with E-state index in [9.17, 15) is 0 Å². The predicted octanol–water partition coefficient (Wildman–Crippen LogP) is 0.947. The Kier molecular flexibility index (Phi) is 4.58. The molecule has 4 atom stereocenters. The highest BCUT2D eigenvalue weighted by molar-refractivity contribution is 4.97. The van der Waals surface area contributed by atoms with Crippen LogP contribution < -0.4 is 5.32 Å². The van der Waals surface area contributed by atoms with Gasteiger partial charge < -0.3 is 19.5 Å². The van der Waals surface area contributed by atoms with Crippen LogP contribution in [0.15, 0.2) is 0 Å². The van der Waals surface area contributed by atoms with Crippen molar-refractivity contribution in [1.29, 1.82) is 0 Å². The molecule has 16 heavy (non-hydrogen) atoms. The molecular formula is C12H23NO3. The molecule has 1 saturated carbocycles. The van der Waals surface area contributed by atoms with Crippen molar-refractivity contribution in [1.82, 2.24) is 5.32 Å². The van der Waals surface area contributed by atoms with Gasteiger partial charge in [0.05, 0.1) is 18.3 Å². The summed E-state index contributed by atoms with van der Waals surface area (Å²) >= 11 is 0. The summed E-state index contributed by atoms with van der Waals surface area (Å²) in [4.78, 5) is 0. The first-order chi connectivity index (χ1) is 7.85. The standard InChI is InChI=1S/C12H23NO3/c1-3-15-11-7-10(12(11)14-2)13-8-9-5-4-6-16-9/h9-13H,3-8H2,1-2H3. The Morgan fingerprint density at radius 1 is 1.44 bits per heavy atom. The highest BCUT2D eigenvalue weighted by atomic mass is 16.5. The second kappa shape index (κ2) is 5.96. The van der Waals surface area contributed by atoms with Gasteiger partial charge in [-0.15, -0.1) is 0 Å². The summed E-state index contributed by atoms with van der Waals surface area (Å²) in [6.07, 6.45) is 4.33. The van der Waals surface area contributed by atoms with Crippen LogP contribution in [0.2, 0.25) is 0 Å². The lowest BCUT2D eigenvalue weighted by atomic mass is 9.85. The molecule has 2 rings (SSSR count). The summed E-state index contributed by atoms with van der Waals surface area (Å²) in [7, 11) is 1.76. The van der Waals surface area contributed by atoms with Crippen molar-refractivity contribution in [2.75, 3.05) is 26.9 Å². The lowest BCUT2D eigenvalue weighted by Gasteiger charge is -2.43. The van der Waals surface area contributed by atoms with Crippen LogP contribution in [0.3, 0.4) is 0 Å². The number of rotatable bonds is 6. The van der Waals surface area contributed by atoms with Gasteiger partial charge in [-0.1, -0.05) is 0 Å². The van der Waals surface area contributed by atoms with Crippen molar-refractivity contribution in [3.63, 3.8) is 0 Å². The average Bonchev–Trinajstić information content (AvgIpc) is 2.75. The Morgan fingerprint density at radius 3 is 2.94 bits per heavy atom. The number of ether oxygens (including phenoxy) is 3. The van der Waals surface area contributed by atoms with Crippen LogP contribution in [0.25, 0.3) is 0 Å². The SMILES string of the molecule is CCOC1CC(NCC2CCCO2)C1OC. The van der Waals surface area contributed by atoms with Crippen LogP contribution in [-0.2, 0) is 14.2 Å². The molecule has 2 aliphatic rings. The summed E-state index contributed by atoms with van der Waals surface area (Å²) < 4.78 is 16.6. The third kappa shape index (κ3) is 2.74. The van der Waals surface area contributed by atoms with E-state index in [0.717, 1.165) is 26.2 Å². The molecule has 1 saturated heterocycles. The van der Waals surface area contributed by atoms with Crippen LogP contribution in [0.4, 0.5) is 0 Å². The zero-order valence-electron chi connectivity index (χ0n) is 10.3. The molecule has 2 fully saturated rings. The molecule has 1 aliphatic carbocycles. The molecule has 4 nitrogen and oxygen atoms in total. The minimum Gasteiger partial charge on any atom is -0.377 e. The first kappa shape index (κ1) is 12.3. The topological polar surface area (TPSA) is 39.7 Å². The lowest BCUT2D eigenvalue weighted by Crippen LogP contribution is -2.60. The molecule has 4 unspecified atom stereocenters. The molecule has 1 N–H and O–H groups in total. The fourth-order valence-electron chi connectivity index (χ4n) is 2.56. The van der Waals surface area contributed by atoms with Crippen LogP contribution in [0.5, 0.6) is 0 Å². The average molecular weight is 229 g/mol. The maximum absolute atomic E-state index is 5.59. The van der Waals surface area contributed by atoms with E-state index in [0.29, 0.717) is 12.1 Å². The van der Waals surface area contributed by atoms with E-state index in [1.54, 1.807) is 7.11 Å². The van der Waals surface area contributed by atoms with Crippen LogP contribution in [0, 0.1) is 0 Å². The van der Waals surface area contributed by atoms with Crippen LogP contribution in [-0.4, -0.2) is 51.2 Å². The number of nitrogens with one attached hydrogen (secondary N) is 1. The summed E-state index contributed by atoms with van der Waals surface area (Å²) in [6, 6.07) is 0.436. The molecule has 0 spiro atoms. The zero-order chi connectivity index (χ0) is 11.4. The van der Waals surface area contributed by atoms with Gasteiger partial charge in [0.15, 0.2) is 0 Å². The summed E-state index contributed by atoms with van der Waals surface area (Å²) in [6.45, 7) is 4.67. The van der Waals surface area contributed by atoms with Crippen molar-refractivity contribution in [3.8, 4) is 0 Å². The zero-order valence-corrected chi connectivity index (χ0v) is 10.3. The predicted molar refractivity (Wildman–Crippen MR) is 61.6 cm³/mol. The molecule has 0 aromatic carbocycles. The minimum absolute atomic E-state index is 0.210. The molecular weight excluding hydrogens is 206 g/mol. The Bertz CT molecular complexity index is 206. The molecule has 4 heteroatoms. The molecule has 0 amide bonds. The normalized spacial score (nSPS) is 38.6. The van der Waals surface area contributed by atoms with Gasteiger partial charge >= 0.3 is 0 Å². The monoisotopic (exact) mass is 229 g/mol. The summed E-state index contributed by atoms with van der Waals surface area (Å²) in [5.41, 5.74) is 0. The lowest BCUT2D eigenvalue weighted by molar-refractivity contribution is -0.132. The highest BCUT2D eigenvalue weighted by Gasteiger charge is 2.42. The molecule has 1 heterocycles. The van der Waals surface area contributed by atoms with E-state index in [1.165, 1.54) is 12.8 Å². The molecule has 0 radical (unpaired) electrons. The smallest absolute Gasteiger partial charge is 0.0986 e. The minimum atomic E-state index is 0.210. The third-order valence-electron chi connectivity index (χ3n) is 3.53. The quantitative estimate of drug-likeness (QED) is 0.736. The van der Waals surface area contributed by atoms with Gasteiger partial charge in [0, 0.05) is 32.9 Å². The maximum atomic E-state index is 5.59. The van der Waals surface area contributed by atoms with Crippen molar-refractivity contribution >= 4 is 0 Å². The largest absolute Gasteiger partial charge is 0.377 e. The van der Waals surface area contributed by atoms with Crippen molar-refractivity contribution in [2.45, 2.75) is 50.5 Å². The van der Waals surface area contributed by atoms with Gasteiger partial charge in [0.1, 0.15) is 0 Å². The van der Waals surface area contributed by atoms with E-state index in [4.69, 9.17) is 14.2 Å². The first-order valence-electron chi connectivity index (χ1n) is 6.34. The fraction of sp³-hybridized carbons (Fsp3) is 1.00. The molecule has 0 bridgehead atoms. The third-order valence-corrected chi connectivity index (χ3v) is 3.53. The Hall–Kier alpha value is -0.160. The van der Waals surface area contributed by atoms with E-state index >= 15 is 0 Å². The molecule has 1 aliphatic heterocycles. The van der Waals surface area contributed by atoms with Crippen LogP contribution in [0.1, 0.15) is 26.2 Å². The summed E-state index contributed by atoms with van der Waals surface area (Å²) in [5, 5.41) is 3.52. The Balaban J connectivity index is 1.66. The van der Waals surface area contributed by atoms with Gasteiger partial charge in [0.25, 0.3) is 0 Å². The Morgan fingerprint density at radius 2 is 2.31 bits per heavy atom. The van der Waals surface area contributed by atoms with Crippen molar-refractivity contribution in [3.05, 3.63) is 0 Å². The number of hydrogen-bond donors (Lipinski definition) is 1. The van der Waals surface area contributed by atoms with Gasteiger partial charge in [0.2, 0.25) is 0 Å². The van der Waals surface area contributed by atoms with Gasteiger partial charge in [-0.05, 0) is 26.2 Å². The van der Waals surface area contributed by atoms with Crippen LogP contribution >= 0.6 is 0 Å². The summed E-state index contributed by atoms with van der Waals surface area (Å²) in [5.74, 6) is 0. The maximum Gasteiger partial charge on any atom is 0.0986 e. The van der Waals surface area contributed by atoms with Crippen molar-refractivity contribution in [2.24, 2.45) is 0 Å². The fourth-order valence-corrected chi connectivity index (χ4v) is 2.56. The second-order valence-corrected chi connectivity index (χ2v) is 4.58. The van der Waals surface area contributed by atoms with Crippen molar-refractivity contribution < 1.29 is 14.2 Å². The van der Waals surface area contributed by atoms with E-state index in [-0.39, 0.29) is 12.2 Å². The second-order valence-electron chi connectivity index (χ2n) is 4.58. The van der Waals surface area contributed by atoms with Gasteiger partial charge in [-0.2, -0.15) is 0 Å². The van der Waals surface area contributed by atoms with Gasteiger partial charge in [-0.3, -0.25) is 0 Å². The van der Waals surface area contributed by atoms with E-state index in [2.05, 4.69) is 5.32 Å². The van der Waals surface area contributed by atoms with Gasteiger partial charge in [-0.25, -0.2) is 0 Å². The number of hydrogen-bond acceptors (Lipinski definition) is 4. The Labute approximate surface area is 97.6 Å². The molecule has 0 aromatic heterocycles. The van der Waals surface area contributed by atoms with E-state index in [1.807, 2.05) is 6.92 Å². The number of methoxy groups -OCH3 is 1. The van der Waals surface area contributed by atoms with E-state index < -0.39 is 0 Å².